The number of hydrogen-bond acceptors (Lipinski definition) is 4. The maximum atomic E-state index is 11.2. The highest BCUT2D eigenvalue weighted by molar-refractivity contribution is 6.08. The van der Waals surface area contributed by atoms with Gasteiger partial charge in [-0.3, -0.25) is 4.79 Å². The number of aromatic nitrogens is 2. The number of rotatable bonds is 2. The summed E-state index contributed by atoms with van der Waals surface area (Å²) in [6.45, 7) is 1.82. The first kappa shape index (κ1) is 10.3. The van der Waals surface area contributed by atoms with Gasteiger partial charge in [0.2, 0.25) is 5.91 Å². The third-order valence-electron chi connectivity index (χ3n) is 2.21. The van der Waals surface area contributed by atoms with Crippen LogP contribution >= 0.6 is 0 Å². The van der Waals surface area contributed by atoms with E-state index in [0.29, 0.717) is 5.69 Å². The van der Waals surface area contributed by atoms with E-state index in [0.717, 1.165) is 5.56 Å². The average molecular weight is 219 g/mol. The monoisotopic (exact) mass is 219 g/mol. The molecule has 1 aromatic heterocycles. The van der Waals surface area contributed by atoms with Gasteiger partial charge in [-0.15, -0.1) is 5.10 Å². The highest BCUT2D eigenvalue weighted by Crippen LogP contribution is 2.22. The number of carbonyl (C=O) groups is 2. The lowest BCUT2D eigenvalue weighted by Crippen LogP contribution is -2.15. The molecule has 82 valence electrons. The average Bonchev–Trinajstić information content (AvgIpc) is 2.60. The van der Waals surface area contributed by atoms with E-state index in [1.165, 1.54) is 0 Å². The maximum Gasteiger partial charge on any atom is 0.334 e. The number of carboxylic acid groups (broad SMARTS) is 1. The third kappa shape index (κ3) is 1.77. The van der Waals surface area contributed by atoms with Crippen molar-refractivity contribution in [2.24, 2.45) is 0 Å². The van der Waals surface area contributed by atoms with Crippen molar-refractivity contribution in [2.75, 3.05) is 0 Å². The van der Waals surface area contributed by atoms with Gasteiger partial charge in [-0.05, 0) is 18.6 Å². The predicted molar refractivity (Wildman–Crippen MR) is 54.1 cm³/mol. The van der Waals surface area contributed by atoms with Gasteiger partial charge in [0.1, 0.15) is 5.69 Å². The molecule has 2 N–H and O–H groups in total. The van der Waals surface area contributed by atoms with Gasteiger partial charge >= 0.3 is 5.97 Å². The maximum absolute atomic E-state index is 11.2. The van der Waals surface area contributed by atoms with Crippen LogP contribution in [0, 0.1) is 6.92 Å². The molecule has 1 aliphatic heterocycles. The summed E-state index contributed by atoms with van der Waals surface area (Å²) in [5.41, 5.74) is 1.50. The van der Waals surface area contributed by atoms with E-state index in [2.05, 4.69) is 15.5 Å². The van der Waals surface area contributed by atoms with Crippen LogP contribution in [0.3, 0.4) is 0 Å². The first-order valence-electron chi connectivity index (χ1n) is 4.64. The minimum atomic E-state index is -1.11. The third-order valence-corrected chi connectivity index (χ3v) is 2.21. The van der Waals surface area contributed by atoms with Crippen LogP contribution in [0.25, 0.3) is 5.70 Å². The summed E-state index contributed by atoms with van der Waals surface area (Å²) in [4.78, 5) is 22.1. The van der Waals surface area contributed by atoms with Crippen LogP contribution in [-0.2, 0) is 9.59 Å². The van der Waals surface area contributed by atoms with E-state index < -0.39 is 5.97 Å². The second kappa shape index (κ2) is 3.73. The fraction of sp³-hybridized carbons (Fsp3) is 0.200. The zero-order chi connectivity index (χ0) is 11.7. The predicted octanol–water partition coefficient (Wildman–Crippen LogP) is 0.101. The summed E-state index contributed by atoms with van der Waals surface area (Å²) in [5, 5.41) is 18.9. The summed E-state index contributed by atoms with van der Waals surface area (Å²) < 4.78 is 0. The van der Waals surface area contributed by atoms with E-state index in [1.807, 2.05) is 6.92 Å². The molecule has 1 aromatic rings. The van der Waals surface area contributed by atoms with Crippen molar-refractivity contribution >= 4 is 17.6 Å². The smallest absolute Gasteiger partial charge is 0.334 e. The lowest BCUT2D eigenvalue weighted by molar-refractivity contribution is -0.133. The van der Waals surface area contributed by atoms with Gasteiger partial charge in [0.15, 0.2) is 0 Å². The van der Waals surface area contributed by atoms with Gasteiger partial charge in [-0.25, -0.2) is 4.79 Å². The number of amides is 1. The summed E-state index contributed by atoms with van der Waals surface area (Å²) in [5.74, 6) is -1.45. The van der Waals surface area contributed by atoms with Crippen molar-refractivity contribution in [1.82, 2.24) is 15.5 Å². The Hall–Kier alpha value is -2.24. The summed E-state index contributed by atoms with van der Waals surface area (Å²) in [6.07, 6.45) is 1.43. The van der Waals surface area contributed by atoms with Gasteiger partial charge in [0, 0.05) is 0 Å². The van der Waals surface area contributed by atoms with Crippen molar-refractivity contribution in [2.45, 2.75) is 13.3 Å². The number of nitrogens with one attached hydrogen (secondary N) is 1. The molecule has 0 unspecified atom stereocenters. The number of aliphatic carboxylic acids is 1. The number of nitrogens with zero attached hydrogens (tertiary/aromatic N) is 2. The zero-order valence-electron chi connectivity index (χ0n) is 8.52. The molecule has 0 spiro atoms. The van der Waals surface area contributed by atoms with Gasteiger partial charge < -0.3 is 10.4 Å². The Labute approximate surface area is 91.0 Å². The highest BCUT2D eigenvalue weighted by Gasteiger charge is 2.27. The first-order valence-corrected chi connectivity index (χ1v) is 4.64. The summed E-state index contributed by atoms with van der Waals surface area (Å²) in [6, 6.07) is 1.68. The van der Waals surface area contributed by atoms with Gasteiger partial charge in [-0.2, -0.15) is 5.10 Å². The Morgan fingerprint density at radius 1 is 1.56 bits per heavy atom. The first-order chi connectivity index (χ1) is 7.58. The Kier molecular flexibility index (Phi) is 2.40. The molecule has 2 heterocycles. The molecule has 0 saturated heterocycles. The van der Waals surface area contributed by atoms with E-state index in [1.54, 1.807) is 12.3 Å². The lowest BCUT2D eigenvalue weighted by Gasteiger charge is -2.03. The highest BCUT2D eigenvalue weighted by atomic mass is 16.4. The van der Waals surface area contributed by atoms with Gasteiger partial charge in [0.05, 0.1) is 23.9 Å². The van der Waals surface area contributed by atoms with Crippen LogP contribution in [-0.4, -0.2) is 27.2 Å². The van der Waals surface area contributed by atoms with Crippen molar-refractivity contribution < 1.29 is 14.7 Å². The zero-order valence-corrected chi connectivity index (χ0v) is 8.52. The van der Waals surface area contributed by atoms with Crippen molar-refractivity contribution in [1.29, 1.82) is 0 Å². The number of aryl methyl sites for hydroxylation is 1. The quantitative estimate of drug-likeness (QED) is 0.736. The molecule has 6 heteroatoms. The van der Waals surface area contributed by atoms with Crippen LogP contribution in [0.5, 0.6) is 0 Å². The Bertz CT molecular complexity index is 508. The second-order valence-corrected chi connectivity index (χ2v) is 3.50. The Morgan fingerprint density at radius 2 is 2.31 bits per heavy atom. The van der Waals surface area contributed by atoms with E-state index in [4.69, 9.17) is 5.11 Å². The molecular weight excluding hydrogens is 210 g/mol. The van der Waals surface area contributed by atoms with Crippen LogP contribution in [0.1, 0.15) is 17.7 Å². The van der Waals surface area contributed by atoms with Gasteiger partial charge in [0.25, 0.3) is 0 Å². The SMILES string of the molecule is Cc1cnnc(C2=C(C(=O)O)CC(=O)N2)c1. The van der Waals surface area contributed by atoms with Crippen LogP contribution in [0.4, 0.5) is 0 Å². The fourth-order valence-corrected chi connectivity index (χ4v) is 1.50. The molecule has 0 aliphatic carbocycles. The van der Waals surface area contributed by atoms with Crippen molar-refractivity contribution in [3.63, 3.8) is 0 Å². The Morgan fingerprint density at radius 3 is 2.94 bits per heavy atom. The molecule has 0 radical (unpaired) electrons. The normalized spacial score (nSPS) is 15.2. The minimum absolute atomic E-state index is 0.0323. The van der Waals surface area contributed by atoms with Crippen molar-refractivity contribution in [3.05, 3.63) is 29.1 Å². The summed E-state index contributed by atoms with van der Waals surface area (Å²) in [7, 11) is 0. The molecule has 0 fully saturated rings. The summed E-state index contributed by atoms with van der Waals surface area (Å²) >= 11 is 0. The topological polar surface area (TPSA) is 92.2 Å². The van der Waals surface area contributed by atoms with Crippen LogP contribution in [0.15, 0.2) is 17.8 Å². The standard InChI is InChI=1S/C10H9N3O3/c1-5-2-7(13-11-4-5)9-6(10(15)16)3-8(14)12-9/h2,4H,3H2,1H3,(H,12,14)(H,15,16). The molecule has 0 saturated carbocycles. The van der Waals surface area contributed by atoms with Crippen LogP contribution in [0.2, 0.25) is 0 Å². The molecular formula is C10H9N3O3. The van der Waals surface area contributed by atoms with E-state index in [-0.39, 0.29) is 23.6 Å². The molecule has 1 amide bonds. The molecule has 0 atom stereocenters. The van der Waals surface area contributed by atoms with E-state index in [9.17, 15) is 9.59 Å². The van der Waals surface area contributed by atoms with Crippen LogP contribution < -0.4 is 5.32 Å². The number of hydrogen-bond donors (Lipinski definition) is 2. The minimum Gasteiger partial charge on any atom is -0.478 e. The van der Waals surface area contributed by atoms with E-state index >= 15 is 0 Å². The second-order valence-electron chi connectivity index (χ2n) is 3.50. The largest absolute Gasteiger partial charge is 0.478 e. The molecule has 1 aliphatic rings. The lowest BCUT2D eigenvalue weighted by atomic mass is 10.1. The molecule has 0 aromatic carbocycles. The van der Waals surface area contributed by atoms with Gasteiger partial charge in [-0.1, -0.05) is 0 Å². The Balaban J connectivity index is 2.49. The van der Waals surface area contributed by atoms with Crippen molar-refractivity contribution in [3.8, 4) is 0 Å². The number of carboxylic acids is 1. The molecule has 0 bridgehead atoms. The molecule has 16 heavy (non-hydrogen) atoms. The molecule has 2 rings (SSSR count). The fourth-order valence-electron chi connectivity index (χ4n) is 1.50. The number of carbonyl (C=O) groups excluding carboxylic acids is 1. The molecule has 6 nitrogen and oxygen atoms in total.